The number of hydrogen-bond donors (Lipinski definition) is 3. The molecule has 0 aliphatic heterocycles. The van der Waals surface area contributed by atoms with E-state index in [9.17, 15) is 14.4 Å². The van der Waals surface area contributed by atoms with E-state index in [2.05, 4.69) is 10.6 Å². The molecule has 1 aromatic rings. The van der Waals surface area contributed by atoms with Gasteiger partial charge in [-0.3, -0.25) is 14.4 Å². The second kappa shape index (κ2) is 8.31. The minimum absolute atomic E-state index is 0.169. The number of hydrogen-bond acceptors (Lipinski definition) is 3. The number of aryl methyl sites for hydroxylation is 1. The van der Waals surface area contributed by atoms with E-state index in [1.54, 1.807) is 12.1 Å². The molecule has 0 heterocycles. The third-order valence-corrected chi connectivity index (χ3v) is 3.45. The summed E-state index contributed by atoms with van der Waals surface area (Å²) in [5.41, 5.74) is 1.31. The van der Waals surface area contributed by atoms with Crippen LogP contribution in [0.4, 0.5) is 0 Å². The average Bonchev–Trinajstić information content (AvgIpc) is 2.46. The quantitative estimate of drug-likeness (QED) is 0.713. The van der Waals surface area contributed by atoms with Gasteiger partial charge in [-0.15, -0.1) is 0 Å². The van der Waals surface area contributed by atoms with Crippen molar-refractivity contribution in [2.24, 2.45) is 5.92 Å². The predicted molar refractivity (Wildman–Crippen MR) is 87.1 cm³/mol. The van der Waals surface area contributed by atoms with Crippen molar-refractivity contribution in [3.05, 3.63) is 35.4 Å². The zero-order chi connectivity index (χ0) is 17.6. The van der Waals surface area contributed by atoms with Crippen molar-refractivity contribution in [3.63, 3.8) is 0 Å². The first-order chi connectivity index (χ1) is 10.7. The Kier molecular flexibility index (Phi) is 6.75. The molecule has 6 nitrogen and oxygen atoms in total. The maximum Gasteiger partial charge on any atom is 0.325 e. The first-order valence-corrected chi connectivity index (χ1v) is 7.62. The lowest BCUT2D eigenvalue weighted by Crippen LogP contribution is -2.51. The van der Waals surface area contributed by atoms with Crippen LogP contribution < -0.4 is 10.6 Å². The molecule has 3 N–H and O–H groups in total. The fourth-order valence-corrected chi connectivity index (χ4v) is 2.14. The second-order valence-corrected chi connectivity index (χ2v) is 6.04. The molecular weight excluding hydrogens is 296 g/mol. The van der Waals surface area contributed by atoms with Gasteiger partial charge in [0, 0.05) is 5.56 Å². The highest BCUT2D eigenvalue weighted by atomic mass is 16.4. The third-order valence-electron chi connectivity index (χ3n) is 3.45. The summed E-state index contributed by atoms with van der Waals surface area (Å²) in [6.07, 6.45) is 0.426. The SMILES string of the molecule is Cc1ccccc1C(=O)NC(CC(C)C)C(=O)N[C@@H](C)C(=O)O. The lowest BCUT2D eigenvalue weighted by molar-refractivity contribution is -0.141. The zero-order valence-corrected chi connectivity index (χ0v) is 13.9. The first-order valence-electron chi connectivity index (χ1n) is 7.62. The van der Waals surface area contributed by atoms with Crippen molar-refractivity contribution in [1.29, 1.82) is 0 Å². The van der Waals surface area contributed by atoms with E-state index in [1.165, 1.54) is 6.92 Å². The Morgan fingerprint density at radius 1 is 1.09 bits per heavy atom. The van der Waals surface area contributed by atoms with Crippen molar-refractivity contribution in [2.45, 2.75) is 46.2 Å². The van der Waals surface area contributed by atoms with Gasteiger partial charge in [-0.25, -0.2) is 0 Å². The van der Waals surface area contributed by atoms with Gasteiger partial charge in [0.2, 0.25) is 5.91 Å². The van der Waals surface area contributed by atoms with E-state index in [4.69, 9.17) is 5.11 Å². The van der Waals surface area contributed by atoms with Gasteiger partial charge < -0.3 is 15.7 Å². The molecule has 0 fully saturated rings. The lowest BCUT2D eigenvalue weighted by Gasteiger charge is -2.22. The lowest BCUT2D eigenvalue weighted by atomic mass is 10.0. The molecule has 2 amide bonds. The number of benzene rings is 1. The minimum Gasteiger partial charge on any atom is -0.480 e. The highest BCUT2D eigenvalue weighted by Gasteiger charge is 2.25. The molecule has 1 unspecified atom stereocenters. The molecule has 0 aliphatic carbocycles. The third kappa shape index (κ3) is 5.73. The number of amides is 2. The Labute approximate surface area is 136 Å². The molecule has 0 aliphatic rings. The van der Waals surface area contributed by atoms with Crippen molar-refractivity contribution < 1.29 is 19.5 Å². The van der Waals surface area contributed by atoms with E-state index in [-0.39, 0.29) is 11.8 Å². The molecule has 6 heteroatoms. The van der Waals surface area contributed by atoms with Crippen LogP contribution in [0.2, 0.25) is 0 Å². The molecule has 0 saturated heterocycles. The highest BCUT2D eigenvalue weighted by Crippen LogP contribution is 2.10. The Balaban J connectivity index is 2.86. The maximum absolute atomic E-state index is 12.4. The molecule has 0 saturated carbocycles. The Morgan fingerprint density at radius 2 is 1.70 bits per heavy atom. The van der Waals surface area contributed by atoms with Gasteiger partial charge >= 0.3 is 5.97 Å². The van der Waals surface area contributed by atoms with Crippen LogP contribution in [0.5, 0.6) is 0 Å². The number of carbonyl (C=O) groups is 3. The fourth-order valence-electron chi connectivity index (χ4n) is 2.14. The van der Waals surface area contributed by atoms with Crippen LogP contribution in [-0.4, -0.2) is 35.0 Å². The standard InChI is InChI=1S/C17H24N2O4/c1-10(2)9-14(16(21)18-12(4)17(22)23)19-15(20)13-8-6-5-7-11(13)3/h5-8,10,12,14H,9H2,1-4H3,(H,18,21)(H,19,20)(H,22,23)/t12-,14?/m0/s1. The smallest absolute Gasteiger partial charge is 0.325 e. The monoisotopic (exact) mass is 320 g/mol. The van der Waals surface area contributed by atoms with Crippen LogP contribution in [0.15, 0.2) is 24.3 Å². The van der Waals surface area contributed by atoms with E-state index < -0.39 is 24.0 Å². The van der Waals surface area contributed by atoms with Gasteiger partial charge in [-0.2, -0.15) is 0 Å². The minimum atomic E-state index is -1.12. The summed E-state index contributed by atoms with van der Waals surface area (Å²) in [6, 6.07) is 5.31. The molecule has 0 aromatic heterocycles. The molecule has 1 rings (SSSR count). The van der Waals surface area contributed by atoms with E-state index in [0.717, 1.165) is 5.56 Å². The summed E-state index contributed by atoms with van der Waals surface area (Å²) < 4.78 is 0. The number of carboxylic acids is 1. The van der Waals surface area contributed by atoms with E-state index in [1.807, 2.05) is 32.9 Å². The zero-order valence-electron chi connectivity index (χ0n) is 13.9. The molecule has 23 heavy (non-hydrogen) atoms. The van der Waals surface area contributed by atoms with Crippen LogP contribution >= 0.6 is 0 Å². The van der Waals surface area contributed by atoms with Crippen LogP contribution in [0.25, 0.3) is 0 Å². The van der Waals surface area contributed by atoms with Gasteiger partial charge in [0.15, 0.2) is 0 Å². The van der Waals surface area contributed by atoms with Crippen LogP contribution in [0.3, 0.4) is 0 Å². The predicted octanol–water partition coefficient (Wildman–Crippen LogP) is 1.73. The van der Waals surface area contributed by atoms with Crippen molar-refractivity contribution >= 4 is 17.8 Å². The van der Waals surface area contributed by atoms with Crippen molar-refractivity contribution in [2.75, 3.05) is 0 Å². The van der Waals surface area contributed by atoms with Crippen LogP contribution in [0.1, 0.15) is 43.1 Å². The van der Waals surface area contributed by atoms with Crippen molar-refractivity contribution in [1.82, 2.24) is 10.6 Å². The largest absolute Gasteiger partial charge is 0.480 e. The first kappa shape index (κ1) is 18.7. The summed E-state index contributed by atoms with van der Waals surface area (Å²) in [4.78, 5) is 35.5. The highest BCUT2D eigenvalue weighted by molar-refractivity contribution is 5.99. The molecule has 2 atom stereocenters. The van der Waals surface area contributed by atoms with Crippen LogP contribution in [-0.2, 0) is 9.59 Å². The number of aliphatic carboxylic acids is 1. The average molecular weight is 320 g/mol. The normalized spacial score (nSPS) is 13.3. The van der Waals surface area contributed by atoms with Crippen molar-refractivity contribution in [3.8, 4) is 0 Å². The molecule has 126 valence electrons. The fraction of sp³-hybridized carbons (Fsp3) is 0.471. The van der Waals surface area contributed by atoms with E-state index >= 15 is 0 Å². The summed E-state index contributed by atoms with van der Waals surface area (Å²) in [5, 5.41) is 14.0. The van der Waals surface area contributed by atoms with E-state index in [0.29, 0.717) is 12.0 Å². The summed E-state index contributed by atoms with van der Waals surface area (Å²) in [5.74, 6) is -1.78. The Morgan fingerprint density at radius 3 is 2.22 bits per heavy atom. The molecule has 0 radical (unpaired) electrons. The maximum atomic E-state index is 12.4. The Hall–Kier alpha value is -2.37. The number of carbonyl (C=O) groups excluding carboxylic acids is 2. The topological polar surface area (TPSA) is 95.5 Å². The van der Waals surface area contributed by atoms with Crippen LogP contribution in [0, 0.1) is 12.8 Å². The number of rotatable bonds is 7. The number of carboxylic acid groups (broad SMARTS) is 1. The molecule has 0 spiro atoms. The molecular formula is C17H24N2O4. The molecule has 0 bridgehead atoms. The van der Waals surface area contributed by atoms with Gasteiger partial charge in [-0.05, 0) is 37.8 Å². The summed E-state index contributed by atoms with van der Waals surface area (Å²) in [6.45, 7) is 7.07. The van der Waals surface area contributed by atoms with Gasteiger partial charge in [0.25, 0.3) is 5.91 Å². The Bertz CT molecular complexity index is 584. The van der Waals surface area contributed by atoms with Gasteiger partial charge in [-0.1, -0.05) is 32.0 Å². The summed E-state index contributed by atoms with van der Waals surface area (Å²) in [7, 11) is 0. The van der Waals surface area contributed by atoms with Gasteiger partial charge in [0.05, 0.1) is 0 Å². The number of nitrogens with one attached hydrogen (secondary N) is 2. The second-order valence-electron chi connectivity index (χ2n) is 6.04. The summed E-state index contributed by atoms with van der Waals surface area (Å²) >= 11 is 0. The van der Waals surface area contributed by atoms with Gasteiger partial charge in [0.1, 0.15) is 12.1 Å². The molecule has 1 aromatic carbocycles.